The molecule has 12 heavy (non-hydrogen) atoms. The van der Waals surface area contributed by atoms with E-state index in [1.54, 1.807) is 0 Å². The lowest BCUT2D eigenvalue weighted by Crippen LogP contribution is -2.74. The van der Waals surface area contributed by atoms with Gasteiger partial charge in [0.15, 0.2) is 0 Å². The van der Waals surface area contributed by atoms with E-state index in [1.807, 2.05) is 0 Å². The Labute approximate surface area is 72.0 Å². The minimum atomic E-state index is 0.486. The molecule has 0 aromatic rings. The van der Waals surface area contributed by atoms with E-state index in [2.05, 4.69) is 27.4 Å². The maximum Gasteiger partial charge on any atom is 0.114 e. The van der Waals surface area contributed by atoms with Crippen LogP contribution in [0.1, 0.15) is 6.42 Å². The Hall–Kier alpha value is -0.740. The maximum absolute atomic E-state index is 3.96. The lowest BCUT2D eigenvalue weighted by Gasteiger charge is -2.54. The van der Waals surface area contributed by atoms with E-state index < -0.39 is 0 Å². The van der Waals surface area contributed by atoms with Crippen molar-refractivity contribution in [2.75, 3.05) is 13.1 Å². The van der Waals surface area contributed by atoms with Crippen molar-refractivity contribution in [3.8, 4) is 0 Å². The number of hydrogen-bond acceptors (Lipinski definition) is 4. The summed E-state index contributed by atoms with van der Waals surface area (Å²) in [6, 6.07) is 0.623. The molecular formula is C8H14N4. The number of nitrogens with zero attached hydrogens (tertiary/aromatic N) is 1. The molecule has 3 unspecified atom stereocenters. The van der Waals surface area contributed by atoms with E-state index in [-0.39, 0.29) is 0 Å². The van der Waals surface area contributed by atoms with E-state index in [0.717, 1.165) is 18.9 Å². The predicted octanol–water partition coefficient (Wildman–Crippen LogP) is -1.02. The molecule has 3 aliphatic rings. The van der Waals surface area contributed by atoms with Crippen LogP contribution in [-0.4, -0.2) is 36.4 Å². The van der Waals surface area contributed by atoms with Gasteiger partial charge in [-0.3, -0.25) is 5.32 Å². The van der Waals surface area contributed by atoms with Crippen LogP contribution in [0.4, 0.5) is 0 Å². The van der Waals surface area contributed by atoms with E-state index >= 15 is 0 Å². The molecule has 0 radical (unpaired) electrons. The summed E-state index contributed by atoms with van der Waals surface area (Å²) in [7, 11) is 0. The fraction of sp³-hybridized carbons (Fsp3) is 0.750. The lowest BCUT2D eigenvalue weighted by molar-refractivity contribution is 0.0198. The highest BCUT2D eigenvalue weighted by Crippen LogP contribution is 2.28. The third-order valence-electron chi connectivity index (χ3n) is 3.06. The van der Waals surface area contributed by atoms with Gasteiger partial charge in [-0.1, -0.05) is 6.58 Å². The molecule has 0 bridgehead atoms. The first kappa shape index (κ1) is 6.74. The van der Waals surface area contributed by atoms with Gasteiger partial charge >= 0.3 is 0 Å². The van der Waals surface area contributed by atoms with E-state index in [1.165, 1.54) is 6.42 Å². The highest BCUT2D eigenvalue weighted by molar-refractivity contribution is 5.14. The second-order valence-electron chi connectivity index (χ2n) is 3.71. The van der Waals surface area contributed by atoms with Crippen molar-refractivity contribution in [2.45, 2.75) is 24.8 Å². The van der Waals surface area contributed by atoms with Crippen LogP contribution in [0.2, 0.25) is 0 Å². The van der Waals surface area contributed by atoms with Gasteiger partial charge in [0.2, 0.25) is 0 Å². The van der Waals surface area contributed by atoms with Crippen LogP contribution in [0, 0.1) is 0 Å². The van der Waals surface area contributed by atoms with E-state index in [0.29, 0.717) is 18.4 Å². The normalized spacial score (nSPS) is 44.5. The first-order chi connectivity index (χ1) is 5.86. The molecule has 3 rings (SSSR count). The summed E-state index contributed by atoms with van der Waals surface area (Å²) >= 11 is 0. The lowest BCUT2D eigenvalue weighted by atomic mass is 10.1. The molecule has 3 saturated heterocycles. The molecule has 0 spiro atoms. The van der Waals surface area contributed by atoms with Crippen LogP contribution < -0.4 is 16.0 Å². The average molecular weight is 166 g/mol. The minimum Gasteiger partial charge on any atom is -0.351 e. The Bertz CT molecular complexity index is 227. The maximum atomic E-state index is 3.96. The van der Waals surface area contributed by atoms with Gasteiger partial charge in [0.25, 0.3) is 0 Å². The standard InChI is InChI=1S/C8H14N4/c1-5-11-7-4-10-8-6(12(5)7)2-3-9-8/h6-11H,1-4H2. The van der Waals surface area contributed by atoms with E-state index in [9.17, 15) is 0 Å². The van der Waals surface area contributed by atoms with Crippen molar-refractivity contribution in [2.24, 2.45) is 0 Å². The molecule has 4 heteroatoms. The number of rotatable bonds is 0. The van der Waals surface area contributed by atoms with Crippen molar-refractivity contribution in [1.29, 1.82) is 0 Å². The molecule has 0 amide bonds. The Morgan fingerprint density at radius 3 is 3.17 bits per heavy atom. The zero-order chi connectivity index (χ0) is 8.13. The van der Waals surface area contributed by atoms with Crippen molar-refractivity contribution in [1.82, 2.24) is 20.9 Å². The number of nitrogens with one attached hydrogen (secondary N) is 3. The molecular weight excluding hydrogens is 152 g/mol. The second kappa shape index (κ2) is 2.14. The smallest absolute Gasteiger partial charge is 0.114 e. The Balaban J connectivity index is 1.84. The van der Waals surface area contributed by atoms with Crippen molar-refractivity contribution < 1.29 is 0 Å². The largest absolute Gasteiger partial charge is 0.351 e. The zero-order valence-electron chi connectivity index (χ0n) is 7.01. The predicted molar refractivity (Wildman–Crippen MR) is 46.1 cm³/mol. The molecule has 0 aromatic heterocycles. The molecule has 3 N–H and O–H groups in total. The molecule has 3 fully saturated rings. The first-order valence-corrected chi connectivity index (χ1v) is 4.57. The zero-order valence-corrected chi connectivity index (χ0v) is 7.01. The number of fused-ring (bicyclic) bond motifs is 3. The summed E-state index contributed by atoms with van der Waals surface area (Å²) in [5.41, 5.74) is 0. The minimum absolute atomic E-state index is 0.486. The Kier molecular flexibility index (Phi) is 1.20. The van der Waals surface area contributed by atoms with Crippen LogP contribution >= 0.6 is 0 Å². The first-order valence-electron chi connectivity index (χ1n) is 4.57. The fourth-order valence-corrected chi connectivity index (χ4v) is 2.47. The van der Waals surface area contributed by atoms with Crippen LogP contribution in [0.3, 0.4) is 0 Å². The molecule has 66 valence electrons. The highest BCUT2D eigenvalue weighted by Gasteiger charge is 2.45. The van der Waals surface area contributed by atoms with Gasteiger partial charge in [-0.25, -0.2) is 0 Å². The quantitative estimate of drug-likeness (QED) is 0.431. The topological polar surface area (TPSA) is 39.3 Å². The summed E-state index contributed by atoms with van der Waals surface area (Å²) < 4.78 is 0. The van der Waals surface area contributed by atoms with Gasteiger partial charge < -0.3 is 15.5 Å². The molecule has 0 aliphatic carbocycles. The molecule has 3 atom stereocenters. The summed E-state index contributed by atoms with van der Waals surface area (Å²) in [5.74, 6) is 1.10. The van der Waals surface area contributed by atoms with Gasteiger partial charge in [0.1, 0.15) is 6.17 Å². The molecule has 3 heterocycles. The molecule has 3 aliphatic heterocycles. The Morgan fingerprint density at radius 1 is 1.42 bits per heavy atom. The van der Waals surface area contributed by atoms with Crippen molar-refractivity contribution in [3.05, 3.63) is 12.4 Å². The van der Waals surface area contributed by atoms with Gasteiger partial charge in [-0.15, -0.1) is 0 Å². The molecule has 0 aromatic carbocycles. The molecule has 4 nitrogen and oxygen atoms in total. The van der Waals surface area contributed by atoms with E-state index in [4.69, 9.17) is 0 Å². The van der Waals surface area contributed by atoms with Gasteiger partial charge in [-0.2, -0.15) is 0 Å². The second-order valence-corrected chi connectivity index (χ2v) is 3.71. The van der Waals surface area contributed by atoms with Crippen LogP contribution in [-0.2, 0) is 0 Å². The number of piperazine rings is 1. The van der Waals surface area contributed by atoms with Crippen molar-refractivity contribution >= 4 is 0 Å². The summed E-state index contributed by atoms with van der Waals surface area (Å²) in [6.07, 6.45) is 2.22. The van der Waals surface area contributed by atoms with Crippen LogP contribution in [0.25, 0.3) is 0 Å². The van der Waals surface area contributed by atoms with Crippen LogP contribution in [0.15, 0.2) is 12.4 Å². The Morgan fingerprint density at radius 2 is 2.33 bits per heavy atom. The third kappa shape index (κ3) is 0.690. The number of hydrogen-bond donors (Lipinski definition) is 3. The monoisotopic (exact) mass is 166 g/mol. The van der Waals surface area contributed by atoms with Gasteiger partial charge in [-0.05, 0) is 13.0 Å². The van der Waals surface area contributed by atoms with Crippen LogP contribution in [0.5, 0.6) is 0 Å². The fourth-order valence-electron chi connectivity index (χ4n) is 2.47. The summed E-state index contributed by atoms with van der Waals surface area (Å²) in [4.78, 5) is 2.40. The van der Waals surface area contributed by atoms with Gasteiger partial charge in [0, 0.05) is 6.54 Å². The van der Waals surface area contributed by atoms with Crippen molar-refractivity contribution in [3.63, 3.8) is 0 Å². The van der Waals surface area contributed by atoms with Gasteiger partial charge in [0.05, 0.1) is 18.0 Å². The summed E-state index contributed by atoms with van der Waals surface area (Å²) in [5, 5.41) is 10.2. The SMILES string of the molecule is C=C1NC2CNC3NCCC3N12. The third-order valence-corrected chi connectivity index (χ3v) is 3.06. The summed E-state index contributed by atoms with van der Waals surface area (Å²) in [6.45, 7) is 6.11. The molecule has 0 saturated carbocycles. The highest BCUT2D eigenvalue weighted by atomic mass is 15.5. The average Bonchev–Trinajstić information content (AvgIpc) is 2.47.